The first kappa shape index (κ1) is 7.11. The molecular formula is C4H7BrO2. The Morgan fingerprint density at radius 3 is 2.43 bits per heavy atom. The van der Waals surface area contributed by atoms with Crippen molar-refractivity contribution < 1.29 is 9.90 Å². The highest BCUT2D eigenvalue weighted by atomic mass is 79.9. The van der Waals surface area contributed by atoms with Crippen molar-refractivity contribution in [2.75, 3.05) is 5.33 Å². The van der Waals surface area contributed by atoms with E-state index >= 15 is 0 Å². The maximum Gasteiger partial charge on any atom is 0.152 e. The Labute approximate surface area is 50.7 Å². The Hall–Kier alpha value is 0.110. The molecule has 0 saturated carbocycles. The van der Waals surface area contributed by atoms with Crippen molar-refractivity contribution in [1.29, 1.82) is 0 Å². The average Bonchev–Trinajstić information content (AvgIpc) is 1.68. The molecule has 2 nitrogen and oxygen atoms in total. The number of aldehydes is 1. The number of hydrogen-bond donors (Lipinski definition) is 1. The maximum atomic E-state index is 9.78. The molecule has 0 radical (unpaired) electrons. The summed E-state index contributed by atoms with van der Waals surface area (Å²) in [7, 11) is 0. The van der Waals surface area contributed by atoms with Gasteiger partial charge in [-0.25, -0.2) is 0 Å². The molecule has 0 saturated heterocycles. The fraction of sp³-hybridized carbons (Fsp3) is 0.750. The van der Waals surface area contributed by atoms with Crippen LogP contribution in [0.3, 0.4) is 0 Å². The lowest BCUT2D eigenvalue weighted by Gasteiger charge is -2.08. The predicted molar refractivity (Wildman–Crippen MR) is 30.5 cm³/mol. The van der Waals surface area contributed by atoms with E-state index in [9.17, 15) is 4.79 Å². The lowest BCUT2D eigenvalue weighted by atomic mass is 10.2. The van der Waals surface area contributed by atoms with Crippen LogP contribution >= 0.6 is 15.9 Å². The van der Waals surface area contributed by atoms with Crippen LogP contribution in [0.25, 0.3) is 0 Å². The Morgan fingerprint density at radius 2 is 2.43 bits per heavy atom. The summed E-state index contributed by atoms with van der Waals surface area (Å²) < 4.78 is 0. The van der Waals surface area contributed by atoms with Crippen LogP contribution in [0.2, 0.25) is 0 Å². The summed E-state index contributed by atoms with van der Waals surface area (Å²) in [4.78, 5) is 9.78. The predicted octanol–water partition coefficient (Wildman–Crippen LogP) is 0.331. The van der Waals surface area contributed by atoms with Crippen molar-refractivity contribution in [3.63, 3.8) is 0 Å². The van der Waals surface area contributed by atoms with Crippen LogP contribution in [0.1, 0.15) is 6.92 Å². The molecule has 0 heterocycles. The first-order valence-electron chi connectivity index (χ1n) is 1.87. The molecule has 0 spiro atoms. The first-order valence-corrected chi connectivity index (χ1v) is 2.99. The SMILES string of the molecule is C[C@](O)(C=O)CBr. The molecule has 0 aromatic rings. The number of carbonyl (C=O) groups excluding carboxylic acids is 1. The minimum absolute atomic E-state index is 0.295. The van der Waals surface area contributed by atoms with Crippen LogP contribution in [0, 0.1) is 0 Å². The molecule has 0 rings (SSSR count). The molecule has 0 aliphatic heterocycles. The average molecular weight is 167 g/mol. The zero-order valence-electron chi connectivity index (χ0n) is 4.02. The maximum absolute atomic E-state index is 9.78. The summed E-state index contributed by atoms with van der Waals surface area (Å²) in [5.41, 5.74) is -1.18. The Morgan fingerprint density at radius 1 is 2.00 bits per heavy atom. The summed E-state index contributed by atoms with van der Waals surface area (Å²) in [6, 6.07) is 0. The first-order chi connectivity index (χ1) is 3.12. The molecule has 0 aromatic carbocycles. The van der Waals surface area contributed by atoms with Gasteiger partial charge in [0.1, 0.15) is 5.60 Å². The second kappa shape index (κ2) is 2.43. The van der Waals surface area contributed by atoms with Crippen molar-refractivity contribution in [2.24, 2.45) is 0 Å². The van der Waals surface area contributed by atoms with Gasteiger partial charge in [0.15, 0.2) is 6.29 Å². The third-order valence-corrected chi connectivity index (χ3v) is 1.66. The fourth-order valence-electron chi connectivity index (χ4n) is 0.0315. The second-order valence-electron chi connectivity index (χ2n) is 1.61. The molecule has 1 N–H and O–H groups in total. The number of hydrogen-bond acceptors (Lipinski definition) is 2. The van der Waals surface area contributed by atoms with E-state index in [0.29, 0.717) is 11.6 Å². The third-order valence-electron chi connectivity index (χ3n) is 0.524. The highest BCUT2D eigenvalue weighted by Gasteiger charge is 2.15. The van der Waals surface area contributed by atoms with Gasteiger partial charge in [-0.15, -0.1) is 0 Å². The van der Waals surface area contributed by atoms with Gasteiger partial charge < -0.3 is 9.90 Å². The molecule has 42 valence electrons. The molecule has 0 bridgehead atoms. The Kier molecular flexibility index (Phi) is 2.46. The quantitative estimate of drug-likeness (QED) is 0.475. The third kappa shape index (κ3) is 2.76. The minimum Gasteiger partial charge on any atom is -0.382 e. The van der Waals surface area contributed by atoms with E-state index in [-0.39, 0.29) is 0 Å². The molecule has 1 atom stereocenters. The van der Waals surface area contributed by atoms with Crippen LogP contribution in [0.5, 0.6) is 0 Å². The molecule has 0 aliphatic rings. The van der Waals surface area contributed by atoms with Crippen LogP contribution < -0.4 is 0 Å². The summed E-state index contributed by atoms with van der Waals surface area (Å²) in [6.45, 7) is 1.44. The monoisotopic (exact) mass is 166 g/mol. The van der Waals surface area contributed by atoms with Gasteiger partial charge in [-0.05, 0) is 6.92 Å². The van der Waals surface area contributed by atoms with Crippen molar-refractivity contribution in [3.8, 4) is 0 Å². The summed E-state index contributed by atoms with van der Waals surface area (Å²) in [6.07, 6.45) is 0.502. The van der Waals surface area contributed by atoms with E-state index in [4.69, 9.17) is 5.11 Å². The number of aliphatic hydroxyl groups is 1. The lowest BCUT2D eigenvalue weighted by molar-refractivity contribution is -0.120. The number of alkyl halides is 1. The van der Waals surface area contributed by atoms with Crippen LogP contribution in [0.4, 0.5) is 0 Å². The second-order valence-corrected chi connectivity index (χ2v) is 2.17. The van der Waals surface area contributed by atoms with E-state index in [1.807, 2.05) is 0 Å². The molecule has 7 heavy (non-hydrogen) atoms. The lowest BCUT2D eigenvalue weighted by Crippen LogP contribution is -2.27. The number of halogens is 1. The van der Waals surface area contributed by atoms with Crippen LogP contribution in [-0.2, 0) is 4.79 Å². The molecule has 0 fully saturated rings. The van der Waals surface area contributed by atoms with Gasteiger partial charge in [0.2, 0.25) is 0 Å². The molecule has 3 heteroatoms. The standard InChI is InChI=1S/C4H7BrO2/c1-4(7,2-5)3-6/h3,7H,2H2,1H3/t4-/m1/s1. The molecule has 0 aromatic heterocycles. The van der Waals surface area contributed by atoms with Crippen LogP contribution in [-0.4, -0.2) is 22.3 Å². The van der Waals surface area contributed by atoms with Crippen molar-refractivity contribution in [1.82, 2.24) is 0 Å². The molecule has 0 unspecified atom stereocenters. The van der Waals surface area contributed by atoms with Crippen molar-refractivity contribution in [2.45, 2.75) is 12.5 Å². The van der Waals surface area contributed by atoms with Crippen molar-refractivity contribution >= 4 is 22.2 Å². The molecular weight excluding hydrogens is 160 g/mol. The molecule has 0 amide bonds. The van der Waals surface area contributed by atoms with E-state index in [1.54, 1.807) is 0 Å². The largest absolute Gasteiger partial charge is 0.382 e. The Balaban J connectivity index is 3.58. The van der Waals surface area contributed by atoms with E-state index < -0.39 is 5.60 Å². The zero-order valence-corrected chi connectivity index (χ0v) is 5.60. The molecule has 0 aliphatic carbocycles. The van der Waals surface area contributed by atoms with Crippen molar-refractivity contribution in [3.05, 3.63) is 0 Å². The van der Waals surface area contributed by atoms with Crippen LogP contribution in [0.15, 0.2) is 0 Å². The summed E-state index contributed by atoms with van der Waals surface area (Å²) >= 11 is 2.95. The highest BCUT2D eigenvalue weighted by Crippen LogP contribution is 2.01. The minimum atomic E-state index is -1.18. The number of carbonyl (C=O) groups is 1. The highest BCUT2D eigenvalue weighted by molar-refractivity contribution is 9.09. The van der Waals surface area contributed by atoms with Gasteiger partial charge in [0.05, 0.1) is 0 Å². The van der Waals surface area contributed by atoms with E-state index in [0.717, 1.165) is 0 Å². The smallest absolute Gasteiger partial charge is 0.152 e. The fourth-order valence-corrected chi connectivity index (χ4v) is 0.164. The van der Waals surface area contributed by atoms with Gasteiger partial charge >= 0.3 is 0 Å². The normalized spacial score (nSPS) is 18.1. The number of rotatable bonds is 2. The Bertz CT molecular complexity index is 70.1. The van der Waals surface area contributed by atoms with E-state index in [2.05, 4.69) is 15.9 Å². The topological polar surface area (TPSA) is 37.3 Å². The van der Waals surface area contributed by atoms with Gasteiger partial charge in [-0.3, -0.25) is 0 Å². The van der Waals surface area contributed by atoms with Gasteiger partial charge in [0, 0.05) is 5.33 Å². The zero-order chi connectivity index (χ0) is 5.91. The summed E-state index contributed by atoms with van der Waals surface area (Å²) in [5.74, 6) is 0. The van der Waals surface area contributed by atoms with Gasteiger partial charge in [0.25, 0.3) is 0 Å². The van der Waals surface area contributed by atoms with Gasteiger partial charge in [-0.2, -0.15) is 0 Å². The summed E-state index contributed by atoms with van der Waals surface area (Å²) in [5, 5.41) is 9.01. The van der Waals surface area contributed by atoms with Gasteiger partial charge in [-0.1, -0.05) is 15.9 Å². The van der Waals surface area contributed by atoms with E-state index in [1.165, 1.54) is 6.92 Å².